The number of nitrogens with one attached hydrogen (secondary N) is 2. The van der Waals surface area contributed by atoms with Crippen molar-refractivity contribution in [1.82, 2.24) is 29.2 Å². The molecule has 4 aromatic heterocycles. The van der Waals surface area contributed by atoms with Crippen molar-refractivity contribution in [3.05, 3.63) is 70.0 Å². The van der Waals surface area contributed by atoms with Gasteiger partial charge in [0, 0.05) is 36.1 Å². The van der Waals surface area contributed by atoms with Crippen LogP contribution in [0.1, 0.15) is 64.5 Å². The van der Waals surface area contributed by atoms with Gasteiger partial charge >= 0.3 is 0 Å². The second kappa shape index (κ2) is 13.3. The molecule has 240 valence electrons. The summed E-state index contributed by atoms with van der Waals surface area (Å²) < 4.78 is 3.55. The second-order valence-corrected chi connectivity index (χ2v) is 15.0. The van der Waals surface area contributed by atoms with Crippen LogP contribution >= 0.6 is 45.9 Å². The lowest BCUT2D eigenvalue weighted by Gasteiger charge is -2.18. The summed E-state index contributed by atoms with van der Waals surface area (Å²) in [6.45, 7) is 14.1. The van der Waals surface area contributed by atoms with Crippen molar-refractivity contribution in [2.45, 2.75) is 53.4 Å². The van der Waals surface area contributed by atoms with Crippen LogP contribution < -0.4 is 10.6 Å². The van der Waals surface area contributed by atoms with Crippen molar-refractivity contribution in [3.8, 4) is 22.5 Å². The van der Waals surface area contributed by atoms with Crippen molar-refractivity contribution in [3.63, 3.8) is 0 Å². The van der Waals surface area contributed by atoms with E-state index in [2.05, 4.69) is 48.3 Å². The molecule has 2 atom stereocenters. The number of ketones is 1. The molecule has 0 saturated carbocycles. The van der Waals surface area contributed by atoms with Crippen LogP contribution in [0.25, 0.3) is 32.4 Å². The second-order valence-electron chi connectivity index (χ2n) is 12.4. The fourth-order valence-corrected chi connectivity index (χ4v) is 7.52. The number of fused-ring (bicyclic) bond motifs is 2. The average molecular weight is 696 g/mol. The van der Waals surface area contributed by atoms with E-state index in [1.165, 1.54) is 22.7 Å². The van der Waals surface area contributed by atoms with Crippen LogP contribution in [0.3, 0.4) is 0 Å². The van der Waals surface area contributed by atoms with E-state index in [4.69, 9.17) is 33.4 Å². The fraction of sp³-hybridized carbons (Fsp3) is 0.364. The Morgan fingerprint density at radius 1 is 0.717 bits per heavy atom. The molecule has 0 spiro atoms. The van der Waals surface area contributed by atoms with Gasteiger partial charge in [-0.25, -0.2) is 9.97 Å². The zero-order chi connectivity index (χ0) is 32.7. The summed E-state index contributed by atoms with van der Waals surface area (Å²) in [5.74, 6) is 0.354. The summed E-state index contributed by atoms with van der Waals surface area (Å²) in [4.78, 5) is 24.4. The standard InChI is InChI=1S/C33H36Cl2N8OS2/c1-17(2)15-36-30-40-42-25(28(34)38-32(42)45-30)23-11-7-9-21(13-23)19(5)27(44)20(6)22-10-8-12-24(14-22)26-29(35)39-33-43(26)41-31(46-33)37-16-18(3)4/h7-14,17-20H,15-16H2,1-6H3,(H,36,40)(H,37,41). The minimum absolute atomic E-state index is 0.103. The molecule has 2 N–H and O–H groups in total. The zero-order valence-electron chi connectivity index (χ0n) is 26.5. The maximum atomic E-state index is 13.9. The minimum Gasteiger partial charge on any atom is -0.360 e. The van der Waals surface area contributed by atoms with Crippen LogP contribution in [0, 0.1) is 11.8 Å². The number of carbonyl (C=O) groups is 1. The van der Waals surface area contributed by atoms with E-state index in [1.807, 2.05) is 62.4 Å². The minimum atomic E-state index is -0.363. The van der Waals surface area contributed by atoms with Gasteiger partial charge in [-0.15, -0.1) is 10.2 Å². The van der Waals surface area contributed by atoms with Gasteiger partial charge in [0.2, 0.25) is 20.2 Å². The lowest BCUT2D eigenvalue weighted by atomic mass is 9.84. The summed E-state index contributed by atoms with van der Waals surface area (Å²) in [5.41, 5.74) is 4.93. The first-order valence-corrected chi connectivity index (χ1v) is 17.7. The Bertz CT molecular complexity index is 1880. The van der Waals surface area contributed by atoms with Gasteiger partial charge in [-0.05, 0) is 35.1 Å². The molecule has 46 heavy (non-hydrogen) atoms. The Labute approximate surface area is 286 Å². The molecule has 0 aliphatic rings. The Morgan fingerprint density at radius 2 is 1.13 bits per heavy atom. The molecule has 0 bridgehead atoms. The first-order chi connectivity index (χ1) is 22.0. The molecule has 0 aliphatic carbocycles. The van der Waals surface area contributed by atoms with Gasteiger partial charge in [0.05, 0.1) is 0 Å². The highest BCUT2D eigenvalue weighted by atomic mass is 35.5. The largest absolute Gasteiger partial charge is 0.360 e. The average Bonchev–Trinajstić information content (AvgIpc) is 3.76. The molecule has 0 aliphatic heterocycles. The summed E-state index contributed by atoms with van der Waals surface area (Å²) in [6.07, 6.45) is 0. The molecule has 6 aromatic rings. The molecule has 2 unspecified atom stereocenters. The van der Waals surface area contributed by atoms with E-state index in [-0.39, 0.29) is 17.6 Å². The predicted molar refractivity (Wildman–Crippen MR) is 191 cm³/mol. The summed E-state index contributed by atoms with van der Waals surface area (Å²) >= 11 is 16.1. The van der Waals surface area contributed by atoms with Crippen LogP contribution in [0.4, 0.5) is 10.3 Å². The van der Waals surface area contributed by atoms with Crippen molar-refractivity contribution in [2.75, 3.05) is 23.7 Å². The van der Waals surface area contributed by atoms with Crippen LogP contribution in [-0.2, 0) is 4.79 Å². The third-order valence-corrected chi connectivity index (χ3v) is 10.1. The fourth-order valence-electron chi connectivity index (χ4n) is 5.27. The number of hydrogen-bond donors (Lipinski definition) is 2. The van der Waals surface area contributed by atoms with Gasteiger partial charge < -0.3 is 10.6 Å². The highest BCUT2D eigenvalue weighted by Crippen LogP contribution is 2.37. The maximum Gasteiger partial charge on any atom is 0.215 e. The molecule has 9 nitrogen and oxygen atoms in total. The number of halogens is 2. The zero-order valence-corrected chi connectivity index (χ0v) is 29.7. The topological polar surface area (TPSA) is 102 Å². The summed E-state index contributed by atoms with van der Waals surface area (Å²) in [5, 5.41) is 18.5. The van der Waals surface area contributed by atoms with Crippen molar-refractivity contribution in [2.24, 2.45) is 11.8 Å². The first kappa shape index (κ1) is 32.4. The number of rotatable bonds is 12. The van der Waals surface area contributed by atoms with E-state index in [0.717, 1.165) is 45.6 Å². The Kier molecular flexibility index (Phi) is 9.38. The first-order valence-electron chi connectivity index (χ1n) is 15.3. The van der Waals surface area contributed by atoms with Gasteiger partial charge in [0.1, 0.15) is 17.2 Å². The van der Waals surface area contributed by atoms with Crippen LogP contribution in [0.5, 0.6) is 0 Å². The SMILES string of the molecule is CC(C)CNc1nn2c(-c3cccc(C(C)C(=O)C(C)c4cccc(-c5c(Cl)nc6sc(NCC(C)C)nn56)c4)c3)c(Cl)nc2s1. The van der Waals surface area contributed by atoms with Crippen LogP contribution in [0.2, 0.25) is 10.3 Å². The summed E-state index contributed by atoms with van der Waals surface area (Å²) in [7, 11) is 0. The van der Waals surface area contributed by atoms with Crippen molar-refractivity contribution in [1.29, 1.82) is 0 Å². The molecule has 0 fully saturated rings. The smallest absolute Gasteiger partial charge is 0.215 e. The van der Waals surface area contributed by atoms with E-state index in [0.29, 0.717) is 43.5 Å². The van der Waals surface area contributed by atoms with Crippen molar-refractivity contribution < 1.29 is 4.79 Å². The highest BCUT2D eigenvalue weighted by molar-refractivity contribution is 7.20. The van der Waals surface area contributed by atoms with Gasteiger partial charge in [-0.1, -0.05) is 124 Å². The molecule has 0 radical (unpaired) electrons. The molecule has 0 saturated heterocycles. The van der Waals surface area contributed by atoms with E-state index >= 15 is 0 Å². The molecular weight excluding hydrogens is 659 g/mol. The molecule has 0 amide bonds. The lowest BCUT2D eigenvalue weighted by Crippen LogP contribution is -2.16. The number of anilines is 2. The molecular formula is C33H36Cl2N8OS2. The van der Waals surface area contributed by atoms with Crippen molar-refractivity contribution >= 4 is 71.8 Å². The number of benzene rings is 2. The third-order valence-electron chi connectivity index (χ3n) is 7.82. The number of carbonyl (C=O) groups excluding carboxylic acids is 1. The number of aromatic nitrogens is 6. The Hall–Kier alpha value is -3.51. The Balaban J connectivity index is 1.24. The number of imidazole rings is 2. The molecule has 2 aromatic carbocycles. The van der Waals surface area contributed by atoms with Gasteiger partial charge in [0.15, 0.2) is 10.3 Å². The van der Waals surface area contributed by atoms with E-state index < -0.39 is 0 Å². The highest BCUT2D eigenvalue weighted by Gasteiger charge is 2.26. The quantitative estimate of drug-likeness (QED) is 0.132. The summed E-state index contributed by atoms with van der Waals surface area (Å²) in [6, 6.07) is 15.8. The number of Topliss-reactive ketones (excluding diaryl/α,β-unsaturated/α-hetero) is 1. The van der Waals surface area contributed by atoms with E-state index in [1.54, 1.807) is 9.03 Å². The van der Waals surface area contributed by atoms with E-state index in [9.17, 15) is 4.79 Å². The monoisotopic (exact) mass is 694 g/mol. The molecule has 6 rings (SSSR count). The Morgan fingerprint density at radius 3 is 1.52 bits per heavy atom. The van der Waals surface area contributed by atoms with Gasteiger partial charge in [-0.2, -0.15) is 9.03 Å². The maximum absolute atomic E-state index is 13.9. The third kappa shape index (κ3) is 6.51. The number of hydrogen-bond acceptors (Lipinski definition) is 9. The molecule has 13 heteroatoms. The molecule has 4 heterocycles. The van der Waals surface area contributed by atoms with Crippen LogP contribution in [-0.4, -0.2) is 48.1 Å². The van der Waals surface area contributed by atoms with Crippen LogP contribution in [0.15, 0.2) is 48.5 Å². The van der Waals surface area contributed by atoms with Gasteiger partial charge in [0.25, 0.3) is 0 Å². The normalized spacial score (nSPS) is 13.3. The lowest BCUT2D eigenvalue weighted by molar-refractivity contribution is -0.121. The van der Waals surface area contributed by atoms with Gasteiger partial charge in [-0.3, -0.25) is 4.79 Å². The number of nitrogens with zero attached hydrogens (tertiary/aromatic N) is 6. The predicted octanol–water partition coefficient (Wildman–Crippen LogP) is 9.15.